The van der Waals surface area contributed by atoms with Gasteiger partial charge in [0.1, 0.15) is 5.69 Å². The van der Waals surface area contributed by atoms with E-state index in [2.05, 4.69) is 21.1 Å². The first-order valence-electron chi connectivity index (χ1n) is 8.81. The molecule has 0 bridgehead atoms. The molecule has 2 aromatic rings. The van der Waals surface area contributed by atoms with Crippen LogP contribution in [0.4, 0.5) is 5.82 Å². The fourth-order valence-corrected chi connectivity index (χ4v) is 4.62. The number of nitriles is 1. The second-order valence-corrected chi connectivity index (χ2v) is 7.04. The molecule has 0 N–H and O–H groups in total. The Balaban J connectivity index is 1.68. The Morgan fingerprint density at radius 1 is 1.32 bits per heavy atom. The van der Waals surface area contributed by atoms with Gasteiger partial charge in [0, 0.05) is 23.5 Å². The molecule has 5 rings (SSSR count). The van der Waals surface area contributed by atoms with Crippen LogP contribution in [-0.2, 0) is 0 Å². The lowest BCUT2D eigenvalue weighted by Crippen LogP contribution is -2.27. The highest BCUT2D eigenvalue weighted by Gasteiger charge is 2.41. The minimum Gasteiger partial charge on any atom is -0.291 e. The van der Waals surface area contributed by atoms with Crippen molar-refractivity contribution in [2.75, 3.05) is 0 Å². The van der Waals surface area contributed by atoms with Crippen molar-refractivity contribution in [1.82, 2.24) is 14.8 Å². The Labute approximate surface area is 145 Å². The van der Waals surface area contributed by atoms with Crippen molar-refractivity contribution in [1.29, 1.82) is 5.26 Å². The average molecular weight is 331 g/mol. The third kappa shape index (κ3) is 1.95. The van der Waals surface area contributed by atoms with Gasteiger partial charge in [-0.3, -0.25) is 9.48 Å². The van der Waals surface area contributed by atoms with Gasteiger partial charge >= 0.3 is 0 Å². The molecule has 25 heavy (non-hydrogen) atoms. The molecule has 1 saturated carbocycles. The second-order valence-electron chi connectivity index (χ2n) is 7.04. The van der Waals surface area contributed by atoms with Crippen molar-refractivity contribution < 1.29 is 4.79 Å². The largest absolute Gasteiger partial charge is 0.291 e. The van der Waals surface area contributed by atoms with Gasteiger partial charge in [-0.05, 0) is 30.4 Å². The highest BCUT2D eigenvalue weighted by Crippen LogP contribution is 2.47. The third-order valence-corrected chi connectivity index (χ3v) is 5.79. The molecule has 3 aliphatic rings. The number of ketones is 1. The lowest BCUT2D eigenvalue weighted by molar-refractivity contribution is 0.0967. The molecule has 6 heteroatoms. The van der Waals surface area contributed by atoms with Gasteiger partial charge in [0.15, 0.2) is 11.6 Å². The van der Waals surface area contributed by atoms with Crippen LogP contribution in [-0.4, -0.2) is 26.8 Å². The van der Waals surface area contributed by atoms with Gasteiger partial charge in [0.05, 0.1) is 30.6 Å². The summed E-state index contributed by atoms with van der Waals surface area (Å²) in [5.41, 5.74) is 3.38. The lowest BCUT2D eigenvalue weighted by atomic mass is 9.82. The van der Waals surface area contributed by atoms with Crippen LogP contribution in [0.25, 0.3) is 11.1 Å². The standard InChI is InChI=1S/C19H17N5O/c20-7-5-15(11-3-1-2-4-11)24-17-13(10-23-24)12-6-8-21-19-16(12)14(9-22-19)18(17)25/h6,8-11,14-15H,1-5H2. The molecule has 2 unspecified atom stereocenters. The Morgan fingerprint density at radius 2 is 2.16 bits per heavy atom. The molecule has 2 atom stereocenters. The number of nitrogens with zero attached hydrogens (tertiary/aromatic N) is 5. The van der Waals surface area contributed by atoms with Crippen LogP contribution in [0.3, 0.4) is 0 Å². The van der Waals surface area contributed by atoms with E-state index >= 15 is 0 Å². The molecule has 0 amide bonds. The molecular weight excluding hydrogens is 314 g/mol. The number of Topliss-reactive ketones (excluding diaryl/α,β-unsaturated/α-hetero) is 1. The van der Waals surface area contributed by atoms with E-state index in [1.165, 1.54) is 12.8 Å². The minimum atomic E-state index is -0.368. The molecular formula is C19H17N5O. The smallest absolute Gasteiger partial charge is 0.194 e. The van der Waals surface area contributed by atoms with E-state index in [-0.39, 0.29) is 17.7 Å². The summed E-state index contributed by atoms with van der Waals surface area (Å²) in [5.74, 6) is 0.714. The predicted octanol–water partition coefficient (Wildman–Crippen LogP) is 3.59. The molecule has 0 aromatic carbocycles. The molecule has 0 radical (unpaired) electrons. The van der Waals surface area contributed by atoms with Crippen molar-refractivity contribution in [2.24, 2.45) is 10.9 Å². The molecule has 2 aromatic heterocycles. The van der Waals surface area contributed by atoms with Gasteiger partial charge in [-0.1, -0.05) is 12.8 Å². The van der Waals surface area contributed by atoms with Crippen LogP contribution in [0, 0.1) is 17.2 Å². The van der Waals surface area contributed by atoms with Crippen molar-refractivity contribution in [3.63, 3.8) is 0 Å². The molecule has 0 spiro atoms. The Bertz CT molecular complexity index is 945. The summed E-state index contributed by atoms with van der Waals surface area (Å²) in [6, 6.07) is 4.21. The van der Waals surface area contributed by atoms with Crippen LogP contribution < -0.4 is 0 Å². The van der Waals surface area contributed by atoms with E-state index in [1.54, 1.807) is 18.6 Å². The minimum absolute atomic E-state index is 0.0245. The number of aliphatic imine (C=N–C) groups is 1. The first-order valence-corrected chi connectivity index (χ1v) is 8.81. The number of hydrogen-bond donors (Lipinski definition) is 0. The van der Waals surface area contributed by atoms with Crippen LogP contribution in [0.15, 0.2) is 23.5 Å². The summed E-state index contributed by atoms with van der Waals surface area (Å²) in [7, 11) is 0. The van der Waals surface area contributed by atoms with Crippen LogP contribution in [0.1, 0.15) is 60.1 Å². The number of carbonyl (C=O) groups excluding carboxylic acids is 1. The highest BCUT2D eigenvalue weighted by molar-refractivity contribution is 6.18. The van der Waals surface area contributed by atoms with Gasteiger partial charge in [0.2, 0.25) is 0 Å². The summed E-state index contributed by atoms with van der Waals surface area (Å²) < 4.78 is 1.84. The fourth-order valence-electron chi connectivity index (χ4n) is 4.62. The first kappa shape index (κ1) is 14.5. The molecule has 6 nitrogen and oxygen atoms in total. The molecule has 0 saturated heterocycles. The zero-order chi connectivity index (χ0) is 17.0. The number of carbonyl (C=O) groups is 1. The summed E-state index contributed by atoms with van der Waals surface area (Å²) in [5, 5.41) is 13.9. The molecule has 124 valence electrons. The van der Waals surface area contributed by atoms with E-state index in [0.717, 1.165) is 29.5 Å². The van der Waals surface area contributed by atoms with Gasteiger partial charge < -0.3 is 0 Å². The monoisotopic (exact) mass is 331 g/mol. The SMILES string of the molecule is N#CCC(C1CCCC1)n1ncc2c1C(=O)C1C=Nc3nccc-2c31. The maximum Gasteiger partial charge on any atom is 0.194 e. The Hall–Kier alpha value is -2.81. The Morgan fingerprint density at radius 3 is 2.96 bits per heavy atom. The predicted molar refractivity (Wildman–Crippen MR) is 91.9 cm³/mol. The lowest BCUT2D eigenvalue weighted by Gasteiger charge is -2.26. The summed E-state index contributed by atoms with van der Waals surface area (Å²) in [4.78, 5) is 21.8. The quantitative estimate of drug-likeness (QED) is 0.860. The second kappa shape index (κ2) is 5.35. The molecule has 1 aliphatic heterocycles. The number of aromatic nitrogens is 3. The van der Waals surface area contributed by atoms with Crippen molar-refractivity contribution in [3.05, 3.63) is 29.7 Å². The molecule has 3 heterocycles. The van der Waals surface area contributed by atoms with Crippen molar-refractivity contribution in [2.45, 2.75) is 44.1 Å². The van der Waals surface area contributed by atoms with E-state index in [1.807, 2.05) is 10.7 Å². The summed E-state index contributed by atoms with van der Waals surface area (Å²) >= 11 is 0. The van der Waals surface area contributed by atoms with Crippen molar-refractivity contribution >= 4 is 17.8 Å². The topological polar surface area (TPSA) is 83.9 Å². The normalized spacial score (nSPS) is 21.9. The first-order chi connectivity index (χ1) is 12.3. The van der Waals surface area contributed by atoms with Crippen LogP contribution in [0.2, 0.25) is 0 Å². The summed E-state index contributed by atoms with van der Waals surface area (Å²) in [6.45, 7) is 0. The van der Waals surface area contributed by atoms with E-state index in [0.29, 0.717) is 23.9 Å². The number of rotatable bonds is 3. The fraction of sp³-hybridized carbons (Fsp3) is 0.421. The highest BCUT2D eigenvalue weighted by atomic mass is 16.1. The number of hydrogen-bond acceptors (Lipinski definition) is 5. The summed E-state index contributed by atoms with van der Waals surface area (Å²) in [6.07, 6.45) is 10.2. The van der Waals surface area contributed by atoms with Crippen LogP contribution in [0.5, 0.6) is 0 Å². The van der Waals surface area contributed by atoms with Gasteiger partial charge in [-0.15, -0.1) is 0 Å². The number of pyridine rings is 1. The van der Waals surface area contributed by atoms with E-state index < -0.39 is 0 Å². The zero-order valence-corrected chi connectivity index (χ0v) is 13.7. The number of fused-ring (bicyclic) bond motifs is 2. The average Bonchev–Trinajstić information content (AvgIpc) is 3.37. The van der Waals surface area contributed by atoms with Crippen molar-refractivity contribution in [3.8, 4) is 17.2 Å². The third-order valence-electron chi connectivity index (χ3n) is 5.79. The van der Waals surface area contributed by atoms with E-state index in [4.69, 9.17) is 0 Å². The maximum absolute atomic E-state index is 13.2. The van der Waals surface area contributed by atoms with E-state index in [9.17, 15) is 10.1 Å². The Kier molecular flexibility index (Phi) is 3.11. The van der Waals surface area contributed by atoms with Crippen LogP contribution >= 0.6 is 0 Å². The van der Waals surface area contributed by atoms with Gasteiger partial charge in [-0.2, -0.15) is 10.4 Å². The maximum atomic E-state index is 13.2. The molecule has 1 fully saturated rings. The zero-order valence-electron chi connectivity index (χ0n) is 13.7. The van der Waals surface area contributed by atoms with Gasteiger partial charge in [-0.25, -0.2) is 9.98 Å². The molecule has 2 aliphatic carbocycles. The van der Waals surface area contributed by atoms with Gasteiger partial charge in [0.25, 0.3) is 0 Å².